The number of aromatic nitrogens is 2. The molecule has 0 aliphatic rings. The fourth-order valence-corrected chi connectivity index (χ4v) is 1.95. The number of ether oxygens (including phenoxy) is 1. The minimum Gasteiger partial charge on any atom is -0.497 e. The predicted octanol–water partition coefficient (Wildman–Crippen LogP) is 2.05. The van der Waals surface area contributed by atoms with Crippen molar-refractivity contribution in [3.8, 4) is 17.1 Å². The van der Waals surface area contributed by atoms with Crippen molar-refractivity contribution in [1.82, 2.24) is 15.3 Å². The van der Waals surface area contributed by atoms with E-state index in [4.69, 9.17) is 4.74 Å². The monoisotopic (exact) mass is 291 g/mol. The molecular formula is C14H17N3O2S. The Balaban J connectivity index is 2.28. The minimum atomic E-state index is -0.193. The molecule has 20 heavy (non-hydrogen) atoms. The summed E-state index contributed by atoms with van der Waals surface area (Å²) in [6, 6.07) is 7.52. The number of rotatable bonds is 5. The van der Waals surface area contributed by atoms with Crippen LogP contribution in [0.3, 0.4) is 0 Å². The number of hydrogen-bond acceptors (Lipinski definition) is 4. The number of aromatic amines is 1. The van der Waals surface area contributed by atoms with Gasteiger partial charge in [-0.2, -0.15) is 12.6 Å². The molecule has 0 saturated heterocycles. The van der Waals surface area contributed by atoms with Gasteiger partial charge < -0.3 is 15.0 Å². The third-order valence-electron chi connectivity index (χ3n) is 2.84. The molecule has 0 unspecified atom stereocenters. The normalized spacial score (nSPS) is 10.3. The average molecular weight is 291 g/mol. The molecule has 0 fully saturated rings. The molecule has 0 saturated carbocycles. The number of aryl methyl sites for hydroxylation is 1. The first-order valence-corrected chi connectivity index (χ1v) is 6.89. The van der Waals surface area contributed by atoms with Crippen LogP contribution in [0.1, 0.15) is 16.2 Å². The highest BCUT2D eigenvalue weighted by Gasteiger charge is 2.15. The number of nitrogens with one attached hydrogen (secondary N) is 2. The summed E-state index contributed by atoms with van der Waals surface area (Å²) in [7, 11) is 1.61. The van der Waals surface area contributed by atoms with E-state index in [1.807, 2.05) is 31.2 Å². The zero-order chi connectivity index (χ0) is 14.5. The molecule has 2 N–H and O–H groups in total. The number of benzene rings is 1. The van der Waals surface area contributed by atoms with E-state index in [1.165, 1.54) is 0 Å². The van der Waals surface area contributed by atoms with E-state index in [2.05, 4.69) is 27.9 Å². The molecule has 106 valence electrons. The van der Waals surface area contributed by atoms with Crippen molar-refractivity contribution in [2.24, 2.45) is 0 Å². The fourth-order valence-electron chi connectivity index (χ4n) is 1.84. The Morgan fingerprint density at radius 1 is 1.50 bits per heavy atom. The maximum absolute atomic E-state index is 11.9. The van der Waals surface area contributed by atoms with Crippen LogP contribution in [-0.2, 0) is 0 Å². The lowest BCUT2D eigenvalue weighted by atomic mass is 10.2. The summed E-state index contributed by atoms with van der Waals surface area (Å²) >= 11 is 4.06. The zero-order valence-corrected chi connectivity index (χ0v) is 12.3. The Hall–Kier alpha value is -1.95. The van der Waals surface area contributed by atoms with E-state index in [1.54, 1.807) is 7.11 Å². The largest absolute Gasteiger partial charge is 0.497 e. The van der Waals surface area contributed by atoms with E-state index in [-0.39, 0.29) is 5.91 Å². The first kappa shape index (κ1) is 14.5. The molecule has 6 heteroatoms. The summed E-state index contributed by atoms with van der Waals surface area (Å²) in [6.45, 7) is 2.34. The van der Waals surface area contributed by atoms with Gasteiger partial charge in [-0.1, -0.05) is 12.1 Å². The number of hydrogen-bond donors (Lipinski definition) is 3. The molecule has 5 nitrogen and oxygen atoms in total. The molecule has 2 aromatic rings. The zero-order valence-electron chi connectivity index (χ0n) is 11.4. The first-order valence-electron chi connectivity index (χ1n) is 6.25. The summed E-state index contributed by atoms with van der Waals surface area (Å²) in [5, 5.41) is 2.75. The highest BCUT2D eigenvalue weighted by atomic mass is 32.1. The number of thiol groups is 1. The topological polar surface area (TPSA) is 67.0 Å². The number of imidazole rings is 1. The van der Waals surface area contributed by atoms with Crippen LogP contribution in [0.15, 0.2) is 24.3 Å². The Bertz CT molecular complexity index is 610. The predicted molar refractivity (Wildman–Crippen MR) is 81.5 cm³/mol. The molecule has 1 heterocycles. The maximum atomic E-state index is 11.9. The van der Waals surface area contributed by atoms with E-state index in [9.17, 15) is 4.79 Å². The van der Waals surface area contributed by atoms with Gasteiger partial charge in [-0.05, 0) is 19.1 Å². The van der Waals surface area contributed by atoms with Crippen LogP contribution in [0.2, 0.25) is 0 Å². The van der Waals surface area contributed by atoms with Gasteiger partial charge in [0.15, 0.2) is 0 Å². The van der Waals surface area contributed by atoms with Crippen LogP contribution in [0.25, 0.3) is 11.4 Å². The second-order valence-electron chi connectivity index (χ2n) is 4.27. The molecule has 1 amide bonds. The number of nitrogens with zero attached hydrogens (tertiary/aromatic N) is 1. The van der Waals surface area contributed by atoms with E-state index >= 15 is 0 Å². The quantitative estimate of drug-likeness (QED) is 0.739. The molecule has 0 spiro atoms. The van der Waals surface area contributed by atoms with Crippen LogP contribution in [0.4, 0.5) is 0 Å². The van der Waals surface area contributed by atoms with Gasteiger partial charge in [0.1, 0.15) is 17.3 Å². The summed E-state index contributed by atoms with van der Waals surface area (Å²) in [6.07, 6.45) is 0. The average Bonchev–Trinajstić information content (AvgIpc) is 2.87. The summed E-state index contributed by atoms with van der Waals surface area (Å²) in [5.41, 5.74) is 2.02. The second-order valence-corrected chi connectivity index (χ2v) is 4.72. The van der Waals surface area contributed by atoms with Crippen molar-refractivity contribution in [1.29, 1.82) is 0 Å². The van der Waals surface area contributed by atoms with E-state index in [0.717, 1.165) is 17.0 Å². The highest BCUT2D eigenvalue weighted by molar-refractivity contribution is 7.80. The molecule has 0 bridgehead atoms. The van der Waals surface area contributed by atoms with Crippen molar-refractivity contribution >= 4 is 18.5 Å². The van der Waals surface area contributed by atoms with Gasteiger partial charge in [0.05, 0.1) is 7.11 Å². The second kappa shape index (κ2) is 6.47. The molecule has 2 rings (SSSR count). The SMILES string of the molecule is COc1cccc(-c2nc(C(=O)NCCS)c(C)[nH]2)c1. The van der Waals surface area contributed by atoms with Crippen molar-refractivity contribution in [2.45, 2.75) is 6.92 Å². The fraction of sp³-hybridized carbons (Fsp3) is 0.286. The molecule has 0 aliphatic carbocycles. The number of carbonyl (C=O) groups excluding carboxylic acids is 1. The Morgan fingerprint density at radius 3 is 3.00 bits per heavy atom. The molecule has 1 aromatic carbocycles. The summed E-state index contributed by atoms with van der Waals surface area (Å²) in [5.74, 6) is 1.80. The van der Waals surface area contributed by atoms with E-state index < -0.39 is 0 Å². The van der Waals surface area contributed by atoms with Gasteiger partial charge in [-0.25, -0.2) is 4.98 Å². The van der Waals surface area contributed by atoms with Crippen molar-refractivity contribution in [2.75, 3.05) is 19.4 Å². The Morgan fingerprint density at radius 2 is 2.30 bits per heavy atom. The number of H-pyrrole nitrogens is 1. The summed E-state index contributed by atoms with van der Waals surface area (Å²) in [4.78, 5) is 19.4. The van der Waals surface area contributed by atoms with Crippen molar-refractivity contribution < 1.29 is 9.53 Å². The van der Waals surface area contributed by atoms with Gasteiger partial charge in [0.25, 0.3) is 5.91 Å². The van der Waals surface area contributed by atoms with Crippen LogP contribution in [-0.4, -0.2) is 35.3 Å². The van der Waals surface area contributed by atoms with Gasteiger partial charge in [-0.3, -0.25) is 4.79 Å². The molecular weight excluding hydrogens is 274 g/mol. The number of carbonyl (C=O) groups is 1. The molecule has 0 aliphatic heterocycles. The lowest BCUT2D eigenvalue weighted by molar-refractivity contribution is 0.0951. The number of methoxy groups -OCH3 is 1. The highest BCUT2D eigenvalue weighted by Crippen LogP contribution is 2.22. The third kappa shape index (κ3) is 3.14. The van der Waals surface area contributed by atoms with Crippen molar-refractivity contribution in [3.63, 3.8) is 0 Å². The molecule has 1 aromatic heterocycles. The van der Waals surface area contributed by atoms with E-state index in [0.29, 0.717) is 23.8 Å². The van der Waals surface area contributed by atoms with Crippen LogP contribution >= 0.6 is 12.6 Å². The van der Waals surface area contributed by atoms with Crippen LogP contribution < -0.4 is 10.1 Å². The molecule has 0 radical (unpaired) electrons. The molecule has 0 atom stereocenters. The van der Waals surface area contributed by atoms with Gasteiger partial charge >= 0.3 is 0 Å². The number of amides is 1. The van der Waals surface area contributed by atoms with Gasteiger partial charge in [0.2, 0.25) is 0 Å². The Labute approximate surface area is 123 Å². The lowest BCUT2D eigenvalue weighted by Crippen LogP contribution is -2.26. The smallest absolute Gasteiger partial charge is 0.271 e. The maximum Gasteiger partial charge on any atom is 0.271 e. The first-order chi connectivity index (χ1) is 9.65. The standard InChI is InChI=1S/C14H17N3O2S/c1-9-12(14(18)15-6-7-20)17-13(16-9)10-4-3-5-11(8-10)19-2/h3-5,8,20H,6-7H2,1-2H3,(H,15,18)(H,16,17). The van der Waals surface area contributed by atoms with Gasteiger partial charge in [-0.15, -0.1) is 0 Å². The van der Waals surface area contributed by atoms with Crippen LogP contribution in [0.5, 0.6) is 5.75 Å². The lowest BCUT2D eigenvalue weighted by Gasteiger charge is -2.01. The third-order valence-corrected chi connectivity index (χ3v) is 3.06. The minimum absolute atomic E-state index is 0.193. The Kier molecular flexibility index (Phi) is 4.68. The van der Waals surface area contributed by atoms with Crippen molar-refractivity contribution in [3.05, 3.63) is 35.7 Å². The van der Waals surface area contributed by atoms with Crippen LogP contribution in [0, 0.1) is 6.92 Å². The summed E-state index contributed by atoms with van der Waals surface area (Å²) < 4.78 is 5.18. The van der Waals surface area contributed by atoms with Gasteiger partial charge in [0, 0.05) is 23.6 Å².